The van der Waals surface area contributed by atoms with Gasteiger partial charge in [-0.25, -0.2) is 4.79 Å². The number of aldehydes is 1. The predicted molar refractivity (Wildman–Crippen MR) is 152 cm³/mol. The highest BCUT2D eigenvalue weighted by molar-refractivity contribution is 6.00. The van der Waals surface area contributed by atoms with Crippen LogP contribution in [0.4, 0.5) is 4.79 Å². The fourth-order valence-corrected chi connectivity index (χ4v) is 5.76. The van der Waals surface area contributed by atoms with Crippen molar-refractivity contribution in [3.63, 3.8) is 0 Å². The fourth-order valence-electron chi connectivity index (χ4n) is 5.76. The summed E-state index contributed by atoms with van der Waals surface area (Å²) in [6.45, 7) is 13.9. The first kappa shape index (κ1) is 35.1. The van der Waals surface area contributed by atoms with E-state index in [-0.39, 0.29) is 37.0 Å². The van der Waals surface area contributed by atoms with E-state index in [1.807, 2.05) is 34.9 Å². The van der Waals surface area contributed by atoms with Gasteiger partial charge >= 0.3 is 12.1 Å². The Balaban J connectivity index is 2.51. The molecule has 11 heteroatoms. The minimum atomic E-state index is -1.13. The van der Waals surface area contributed by atoms with Gasteiger partial charge in [-0.1, -0.05) is 13.8 Å². The van der Waals surface area contributed by atoms with Crippen molar-refractivity contribution < 1.29 is 42.9 Å². The van der Waals surface area contributed by atoms with Crippen LogP contribution in [-0.4, -0.2) is 110 Å². The van der Waals surface area contributed by atoms with Crippen molar-refractivity contribution in [3.05, 3.63) is 0 Å². The molecule has 3 unspecified atom stereocenters. The number of methoxy groups -OCH3 is 1. The van der Waals surface area contributed by atoms with Gasteiger partial charge in [0, 0.05) is 32.0 Å². The molecule has 11 nitrogen and oxygen atoms in total. The number of nitrogens with zero attached hydrogens (tertiary/aromatic N) is 2. The van der Waals surface area contributed by atoms with Crippen molar-refractivity contribution in [2.24, 2.45) is 17.8 Å². The average molecular weight is 585 g/mol. The molecule has 0 spiro atoms. The van der Waals surface area contributed by atoms with Gasteiger partial charge in [0.2, 0.25) is 0 Å². The second kappa shape index (κ2) is 14.4. The highest BCUT2D eigenvalue weighted by Gasteiger charge is 2.47. The maximum Gasteiger partial charge on any atom is 0.411 e. The second-order valence-electron chi connectivity index (χ2n) is 13.2. The Bertz CT molecular complexity index is 920. The van der Waals surface area contributed by atoms with Crippen LogP contribution in [0.2, 0.25) is 0 Å². The summed E-state index contributed by atoms with van der Waals surface area (Å²) in [5.74, 6) is -3.25. The van der Waals surface area contributed by atoms with Crippen molar-refractivity contribution in [2.75, 3.05) is 34.4 Å². The summed E-state index contributed by atoms with van der Waals surface area (Å²) in [7, 11) is 5.59. The lowest BCUT2D eigenvalue weighted by Gasteiger charge is -2.45. The van der Waals surface area contributed by atoms with Crippen LogP contribution >= 0.6 is 0 Å². The van der Waals surface area contributed by atoms with Crippen LogP contribution in [0.15, 0.2) is 0 Å². The SMILES string of the molecule is CO[C@]1(C)C[C@@H](C)CN(C(=O)OC(C)(C)C)[C@H](C=O)COC(=O)C(C)C(=O)[C@H](C)[C@H]1OC1C[C@H](N(C)C)CC(C)O1. The molecule has 2 aliphatic rings. The van der Waals surface area contributed by atoms with Gasteiger partial charge in [0.1, 0.15) is 30.5 Å². The number of carbonyl (C=O) groups is 4. The Kier molecular flexibility index (Phi) is 12.3. The largest absolute Gasteiger partial charge is 0.462 e. The van der Waals surface area contributed by atoms with Crippen molar-refractivity contribution >= 4 is 24.1 Å². The van der Waals surface area contributed by atoms with E-state index in [2.05, 4.69) is 4.90 Å². The molecule has 0 N–H and O–H groups in total. The number of esters is 1. The first-order valence-corrected chi connectivity index (χ1v) is 14.6. The Morgan fingerprint density at radius 2 is 1.76 bits per heavy atom. The highest BCUT2D eigenvalue weighted by Crippen LogP contribution is 2.36. The zero-order valence-electron chi connectivity index (χ0n) is 26.8. The standard InChI is InChI=1S/C30H52N2O9/c1-18-14-30(8,37-11)26(40-24-13-22(31(9)10)12-19(2)39-24)20(3)25(34)21(4)27(35)38-17-23(16-33)32(15-18)28(36)41-29(5,6)7/h16,18-24,26H,12-15,17H2,1-11H3/t18-,19?,20+,21?,22-,23-,24?,26-,30-/m1/s1. The van der Waals surface area contributed by atoms with Crippen molar-refractivity contribution in [1.29, 1.82) is 0 Å². The summed E-state index contributed by atoms with van der Waals surface area (Å²) in [5.41, 5.74) is -1.82. The molecule has 0 aromatic carbocycles. The zero-order valence-corrected chi connectivity index (χ0v) is 26.8. The van der Waals surface area contributed by atoms with E-state index < -0.39 is 53.5 Å². The van der Waals surface area contributed by atoms with E-state index in [1.54, 1.807) is 34.8 Å². The van der Waals surface area contributed by atoms with Gasteiger partial charge < -0.3 is 33.4 Å². The molecule has 0 aromatic rings. The van der Waals surface area contributed by atoms with E-state index in [4.69, 9.17) is 23.7 Å². The van der Waals surface area contributed by atoms with E-state index in [0.717, 1.165) is 6.42 Å². The number of hydrogen-bond donors (Lipinski definition) is 0. The lowest BCUT2D eigenvalue weighted by molar-refractivity contribution is -0.262. The molecule has 0 radical (unpaired) electrons. The topological polar surface area (TPSA) is 121 Å². The molecule has 9 atom stereocenters. The van der Waals surface area contributed by atoms with E-state index in [1.165, 1.54) is 11.8 Å². The normalized spacial score (nSPS) is 36.5. The minimum Gasteiger partial charge on any atom is -0.462 e. The molecular weight excluding hydrogens is 532 g/mol. The Labute approximate surface area is 245 Å². The maximum atomic E-state index is 13.7. The summed E-state index contributed by atoms with van der Waals surface area (Å²) in [6.07, 6.45) is 0.269. The van der Waals surface area contributed by atoms with E-state index >= 15 is 0 Å². The van der Waals surface area contributed by atoms with Gasteiger partial charge in [-0.05, 0) is 74.4 Å². The number of ketones is 1. The van der Waals surface area contributed by atoms with Crippen LogP contribution < -0.4 is 0 Å². The molecule has 2 fully saturated rings. The van der Waals surface area contributed by atoms with Crippen LogP contribution in [0.3, 0.4) is 0 Å². The molecule has 0 bridgehead atoms. The second-order valence-corrected chi connectivity index (χ2v) is 13.2. The number of Topliss-reactive ketones (excluding diaryl/α,β-unsaturated/α-hetero) is 1. The van der Waals surface area contributed by atoms with Crippen molar-refractivity contribution in [1.82, 2.24) is 9.80 Å². The van der Waals surface area contributed by atoms with Gasteiger partial charge in [-0.2, -0.15) is 0 Å². The molecule has 0 aliphatic carbocycles. The minimum absolute atomic E-state index is 0.0498. The summed E-state index contributed by atoms with van der Waals surface area (Å²) in [6, 6.07) is -0.855. The van der Waals surface area contributed by atoms with Gasteiger partial charge in [-0.3, -0.25) is 14.5 Å². The number of amides is 1. The van der Waals surface area contributed by atoms with E-state index in [0.29, 0.717) is 19.1 Å². The summed E-state index contributed by atoms with van der Waals surface area (Å²) in [4.78, 5) is 55.4. The molecule has 2 heterocycles. The van der Waals surface area contributed by atoms with Gasteiger partial charge in [0.25, 0.3) is 0 Å². The van der Waals surface area contributed by atoms with Crippen LogP contribution in [0.5, 0.6) is 0 Å². The van der Waals surface area contributed by atoms with Gasteiger partial charge in [0.15, 0.2) is 12.1 Å². The molecule has 0 aromatic heterocycles. The molecule has 2 saturated heterocycles. The quantitative estimate of drug-likeness (QED) is 0.270. The Morgan fingerprint density at radius 3 is 2.29 bits per heavy atom. The van der Waals surface area contributed by atoms with Crippen LogP contribution in [0.1, 0.15) is 74.7 Å². The number of carbonyl (C=O) groups excluding carboxylic acids is 4. The number of rotatable bonds is 5. The number of cyclic esters (lactones) is 1. The smallest absolute Gasteiger partial charge is 0.411 e. The van der Waals surface area contributed by atoms with E-state index in [9.17, 15) is 19.2 Å². The third kappa shape index (κ3) is 9.46. The number of hydrogen-bond acceptors (Lipinski definition) is 10. The zero-order chi connectivity index (χ0) is 31.3. The summed E-state index contributed by atoms with van der Waals surface area (Å²) in [5, 5.41) is 0. The Hall–Kier alpha value is -2.08. The average Bonchev–Trinajstić information content (AvgIpc) is 2.88. The molecule has 2 rings (SSSR count). The molecule has 1 amide bonds. The van der Waals surface area contributed by atoms with Crippen LogP contribution in [0, 0.1) is 17.8 Å². The lowest BCUT2D eigenvalue weighted by Crippen LogP contribution is -2.55. The van der Waals surface area contributed by atoms with Gasteiger partial charge in [-0.15, -0.1) is 0 Å². The number of ether oxygens (including phenoxy) is 5. The molecule has 0 saturated carbocycles. The van der Waals surface area contributed by atoms with Gasteiger partial charge in [0.05, 0.1) is 17.8 Å². The predicted octanol–water partition coefficient (Wildman–Crippen LogP) is 3.46. The van der Waals surface area contributed by atoms with Crippen molar-refractivity contribution in [2.45, 2.75) is 116 Å². The third-order valence-electron chi connectivity index (χ3n) is 8.08. The van der Waals surface area contributed by atoms with Crippen molar-refractivity contribution in [3.8, 4) is 0 Å². The summed E-state index contributed by atoms with van der Waals surface area (Å²) < 4.78 is 29.9. The molecule has 236 valence electrons. The molecule has 41 heavy (non-hydrogen) atoms. The molecular formula is C30H52N2O9. The third-order valence-corrected chi connectivity index (χ3v) is 8.08. The monoisotopic (exact) mass is 584 g/mol. The lowest BCUT2D eigenvalue weighted by atomic mass is 9.78. The summed E-state index contributed by atoms with van der Waals surface area (Å²) >= 11 is 0. The highest BCUT2D eigenvalue weighted by atomic mass is 16.7. The van der Waals surface area contributed by atoms with Crippen LogP contribution in [0.25, 0.3) is 0 Å². The fraction of sp³-hybridized carbons (Fsp3) is 0.867. The maximum absolute atomic E-state index is 13.7. The van der Waals surface area contributed by atoms with Crippen LogP contribution in [-0.2, 0) is 38.1 Å². The molecule has 2 aliphatic heterocycles. The first-order valence-electron chi connectivity index (χ1n) is 14.6. The first-order chi connectivity index (χ1) is 18.9. The Morgan fingerprint density at radius 1 is 1.12 bits per heavy atom.